The fourth-order valence-electron chi connectivity index (χ4n) is 3.66. The van der Waals surface area contributed by atoms with Gasteiger partial charge in [-0.15, -0.1) is 0 Å². The van der Waals surface area contributed by atoms with E-state index in [0.29, 0.717) is 5.92 Å². The molecule has 1 aromatic carbocycles. The highest BCUT2D eigenvalue weighted by molar-refractivity contribution is 6.29. The van der Waals surface area contributed by atoms with Crippen LogP contribution < -0.4 is 4.74 Å². The Morgan fingerprint density at radius 3 is 2.68 bits per heavy atom. The lowest BCUT2D eigenvalue weighted by Crippen LogP contribution is -2.34. The van der Waals surface area contributed by atoms with Gasteiger partial charge in [-0.1, -0.05) is 29.8 Å². The lowest BCUT2D eigenvalue weighted by molar-refractivity contribution is 0.0823. The standard InChI is InChI=1S/C18H21ClN2O/c1-20-10-8-13(9-11-20)18-15-6-7-17(19)21(15)12-14-4-2-3-5-16(14)22-18/h2-7,13,18H,8-12H2,1H3. The third-order valence-corrected chi connectivity index (χ3v) is 5.33. The summed E-state index contributed by atoms with van der Waals surface area (Å²) in [5.41, 5.74) is 2.42. The number of para-hydroxylation sites is 1. The average Bonchev–Trinajstić information content (AvgIpc) is 2.80. The molecule has 0 radical (unpaired) electrons. The summed E-state index contributed by atoms with van der Waals surface area (Å²) in [4.78, 5) is 2.40. The van der Waals surface area contributed by atoms with E-state index in [4.69, 9.17) is 16.3 Å². The van der Waals surface area contributed by atoms with Gasteiger partial charge in [0.1, 0.15) is 17.0 Å². The molecule has 0 N–H and O–H groups in total. The predicted octanol–water partition coefficient (Wildman–Crippen LogP) is 3.97. The monoisotopic (exact) mass is 316 g/mol. The largest absolute Gasteiger partial charge is 0.484 e. The van der Waals surface area contributed by atoms with E-state index >= 15 is 0 Å². The molecule has 4 heteroatoms. The van der Waals surface area contributed by atoms with Crippen LogP contribution in [0.5, 0.6) is 5.75 Å². The van der Waals surface area contributed by atoms with Crippen molar-refractivity contribution in [3.8, 4) is 5.75 Å². The van der Waals surface area contributed by atoms with Crippen molar-refractivity contribution in [2.24, 2.45) is 5.92 Å². The molecule has 4 rings (SSSR count). The highest BCUT2D eigenvalue weighted by Gasteiger charge is 2.33. The molecule has 0 bridgehead atoms. The second kappa shape index (κ2) is 5.64. The number of hydrogen-bond donors (Lipinski definition) is 0. The molecule has 2 aromatic rings. The van der Waals surface area contributed by atoms with Gasteiger partial charge in [-0.2, -0.15) is 0 Å². The van der Waals surface area contributed by atoms with Crippen molar-refractivity contribution in [2.45, 2.75) is 25.5 Å². The second-order valence-electron chi connectivity index (χ2n) is 6.45. The molecule has 116 valence electrons. The number of benzene rings is 1. The summed E-state index contributed by atoms with van der Waals surface area (Å²) in [5.74, 6) is 1.55. The number of fused-ring (bicyclic) bond motifs is 2. The Kier molecular flexibility index (Phi) is 3.63. The Morgan fingerprint density at radius 1 is 1.09 bits per heavy atom. The summed E-state index contributed by atoms with van der Waals surface area (Å²) >= 11 is 6.42. The molecule has 0 spiro atoms. The number of likely N-dealkylation sites (tertiary alicyclic amines) is 1. The maximum absolute atomic E-state index is 6.47. The van der Waals surface area contributed by atoms with Crippen LogP contribution in [0.25, 0.3) is 0 Å². The number of nitrogens with zero attached hydrogens (tertiary/aromatic N) is 2. The van der Waals surface area contributed by atoms with Crippen molar-refractivity contribution in [1.29, 1.82) is 0 Å². The Morgan fingerprint density at radius 2 is 1.86 bits per heavy atom. The van der Waals surface area contributed by atoms with Crippen LogP contribution in [0.4, 0.5) is 0 Å². The molecule has 1 fully saturated rings. The quantitative estimate of drug-likeness (QED) is 0.792. The summed E-state index contributed by atoms with van der Waals surface area (Å²) < 4.78 is 8.68. The number of piperidine rings is 1. The molecule has 1 aromatic heterocycles. The van der Waals surface area contributed by atoms with E-state index in [1.54, 1.807) is 0 Å². The van der Waals surface area contributed by atoms with Crippen molar-refractivity contribution in [3.63, 3.8) is 0 Å². The molecular weight excluding hydrogens is 296 g/mol. The van der Waals surface area contributed by atoms with Crippen molar-refractivity contribution >= 4 is 11.6 Å². The number of halogens is 1. The van der Waals surface area contributed by atoms with Crippen LogP contribution in [0, 0.1) is 5.92 Å². The number of ether oxygens (including phenoxy) is 1. The fourth-order valence-corrected chi connectivity index (χ4v) is 3.88. The molecule has 3 nitrogen and oxygen atoms in total. The van der Waals surface area contributed by atoms with Gasteiger partial charge >= 0.3 is 0 Å². The first kappa shape index (κ1) is 14.2. The Balaban J connectivity index is 1.74. The van der Waals surface area contributed by atoms with Crippen LogP contribution >= 0.6 is 11.6 Å². The summed E-state index contributed by atoms with van der Waals surface area (Å²) in [5, 5.41) is 0.799. The first-order valence-electron chi connectivity index (χ1n) is 8.00. The van der Waals surface area contributed by atoms with Gasteiger partial charge in [0.2, 0.25) is 0 Å². The van der Waals surface area contributed by atoms with E-state index in [1.807, 2.05) is 12.1 Å². The third-order valence-electron chi connectivity index (χ3n) is 5.00. The predicted molar refractivity (Wildman–Crippen MR) is 88.6 cm³/mol. The molecule has 3 heterocycles. The van der Waals surface area contributed by atoms with Gasteiger partial charge in [-0.3, -0.25) is 0 Å². The van der Waals surface area contributed by atoms with E-state index in [-0.39, 0.29) is 6.10 Å². The lowest BCUT2D eigenvalue weighted by atomic mass is 9.89. The molecule has 1 atom stereocenters. The molecule has 2 aliphatic heterocycles. The maximum atomic E-state index is 6.47. The zero-order chi connectivity index (χ0) is 15.1. The van der Waals surface area contributed by atoms with Crippen molar-refractivity contribution in [2.75, 3.05) is 20.1 Å². The van der Waals surface area contributed by atoms with Gasteiger partial charge in [-0.25, -0.2) is 0 Å². The minimum atomic E-state index is 0.102. The Labute approximate surface area is 136 Å². The van der Waals surface area contributed by atoms with E-state index in [1.165, 1.54) is 24.1 Å². The summed E-state index contributed by atoms with van der Waals surface area (Å²) in [6.45, 7) is 3.07. The first-order valence-corrected chi connectivity index (χ1v) is 8.38. The molecule has 1 saturated heterocycles. The zero-order valence-electron chi connectivity index (χ0n) is 12.8. The molecule has 0 aliphatic carbocycles. The normalized spacial score (nSPS) is 22.5. The van der Waals surface area contributed by atoms with Gasteiger partial charge in [0, 0.05) is 11.5 Å². The molecule has 22 heavy (non-hydrogen) atoms. The second-order valence-corrected chi connectivity index (χ2v) is 6.84. The zero-order valence-corrected chi connectivity index (χ0v) is 13.6. The van der Waals surface area contributed by atoms with Crippen LogP contribution in [0.3, 0.4) is 0 Å². The van der Waals surface area contributed by atoms with Crippen molar-refractivity contribution in [3.05, 3.63) is 52.8 Å². The number of aromatic nitrogens is 1. The SMILES string of the molecule is CN1CCC(C2Oc3ccccc3Cn3c(Cl)ccc32)CC1. The van der Waals surface area contributed by atoms with Crippen LogP contribution in [0.1, 0.15) is 30.2 Å². The summed E-state index contributed by atoms with van der Waals surface area (Å²) in [6, 6.07) is 12.5. The minimum Gasteiger partial charge on any atom is -0.484 e. The molecule has 2 aliphatic rings. The van der Waals surface area contributed by atoms with E-state index in [0.717, 1.165) is 30.5 Å². The van der Waals surface area contributed by atoms with Crippen molar-refractivity contribution < 1.29 is 4.74 Å². The minimum absolute atomic E-state index is 0.102. The summed E-state index contributed by atoms with van der Waals surface area (Å²) in [7, 11) is 2.19. The van der Waals surface area contributed by atoms with E-state index in [2.05, 4.69) is 40.8 Å². The first-order chi connectivity index (χ1) is 10.7. The van der Waals surface area contributed by atoms with Crippen LogP contribution in [0.15, 0.2) is 36.4 Å². The topological polar surface area (TPSA) is 17.4 Å². The van der Waals surface area contributed by atoms with Gasteiger partial charge in [-0.05, 0) is 51.2 Å². The van der Waals surface area contributed by atoms with Crippen LogP contribution in [-0.2, 0) is 6.54 Å². The van der Waals surface area contributed by atoms with Gasteiger partial charge in [0.15, 0.2) is 0 Å². The molecule has 1 unspecified atom stereocenters. The van der Waals surface area contributed by atoms with Crippen LogP contribution in [-0.4, -0.2) is 29.6 Å². The fraction of sp³-hybridized carbons (Fsp3) is 0.444. The smallest absolute Gasteiger partial charge is 0.141 e. The third kappa shape index (κ3) is 2.42. The molecule has 0 saturated carbocycles. The maximum Gasteiger partial charge on any atom is 0.141 e. The Hall–Kier alpha value is -1.45. The Bertz CT molecular complexity index is 673. The van der Waals surface area contributed by atoms with E-state index in [9.17, 15) is 0 Å². The highest BCUT2D eigenvalue weighted by atomic mass is 35.5. The number of hydrogen-bond acceptors (Lipinski definition) is 2. The van der Waals surface area contributed by atoms with Crippen LogP contribution in [0.2, 0.25) is 5.15 Å². The number of rotatable bonds is 1. The van der Waals surface area contributed by atoms with Gasteiger partial charge in [0.05, 0.1) is 12.2 Å². The highest BCUT2D eigenvalue weighted by Crippen LogP contribution is 2.40. The lowest BCUT2D eigenvalue weighted by Gasteiger charge is -2.34. The van der Waals surface area contributed by atoms with Crippen molar-refractivity contribution in [1.82, 2.24) is 9.47 Å². The molecular formula is C18H21ClN2O. The van der Waals surface area contributed by atoms with Gasteiger partial charge in [0.25, 0.3) is 0 Å². The average molecular weight is 317 g/mol. The summed E-state index contributed by atoms with van der Waals surface area (Å²) in [6.07, 6.45) is 2.45. The van der Waals surface area contributed by atoms with E-state index < -0.39 is 0 Å². The molecule has 0 amide bonds. The van der Waals surface area contributed by atoms with Gasteiger partial charge < -0.3 is 14.2 Å².